The Balaban J connectivity index is 4.62. The van der Waals surface area contributed by atoms with E-state index in [1.807, 2.05) is 4.90 Å². The topological polar surface area (TPSA) is 46.3 Å². The maximum absolute atomic E-state index is 11.9. The molecular weight excluding hydrogens is 188 g/mol. The van der Waals surface area contributed by atoms with Crippen molar-refractivity contribution in [2.45, 2.75) is 59.5 Å². The van der Waals surface area contributed by atoms with E-state index in [4.69, 9.17) is 5.73 Å². The van der Waals surface area contributed by atoms with Crippen molar-refractivity contribution in [2.24, 2.45) is 11.7 Å². The van der Waals surface area contributed by atoms with Crippen LogP contribution in [0.1, 0.15) is 47.5 Å². The van der Waals surface area contributed by atoms with Crippen molar-refractivity contribution in [2.75, 3.05) is 6.54 Å². The van der Waals surface area contributed by atoms with Gasteiger partial charge in [-0.05, 0) is 25.7 Å². The average Bonchev–Trinajstić information content (AvgIpc) is 2.16. The first-order chi connectivity index (χ1) is 6.93. The van der Waals surface area contributed by atoms with Gasteiger partial charge >= 0.3 is 0 Å². The van der Waals surface area contributed by atoms with Gasteiger partial charge in [-0.15, -0.1) is 0 Å². The monoisotopic (exact) mass is 214 g/mol. The molecular formula is C12H26N2O. The molecule has 0 saturated carbocycles. The molecule has 0 radical (unpaired) electrons. The zero-order valence-electron chi connectivity index (χ0n) is 10.8. The summed E-state index contributed by atoms with van der Waals surface area (Å²) in [5.41, 5.74) is 5.67. The molecule has 3 heteroatoms. The van der Waals surface area contributed by atoms with E-state index in [0.29, 0.717) is 12.0 Å². The van der Waals surface area contributed by atoms with Crippen molar-refractivity contribution < 1.29 is 4.79 Å². The molecule has 0 aliphatic carbocycles. The molecule has 0 fully saturated rings. The number of amides is 1. The van der Waals surface area contributed by atoms with Gasteiger partial charge in [-0.2, -0.15) is 0 Å². The predicted molar refractivity (Wildman–Crippen MR) is 64.6 cm³/mol. The van der Waals surface area contributed by atoms with Crippen molar-refractivity contribution in [1.82, 2.24) is 4.90 Å². The van der Waals surface area contributed by atoms with Crippen LogP contribution in [-0.4, -0.2) is 29.4 Å². The van der Waals surface area contributed by atoms with Gasteiger partial charge in [0.1, 0.15) is 0 Å². The molecule has 15 heavy (non-hydrogen) atoms. The van der Waals surface area contributed by atoms with Crippen LogP contribution in [0.5, 0.6) is 0 Å². The molecule has 0 spiro atoms. The molecule has 0 aliphatic rings. The first-order valence-electron chi connectivity index (χ1n) is 6.00. The highest BCUT2D eigenvalue weighted by Gasteiger charge is 2.23. The van der Waals surface area contributed by atoms with E-state index in [1.54, 1.807) is 6.92 Å². The molecule has 1 amide bonds. The summed E-state index contributed by atoms with van der Waals surface area (Å²) < 4.78 is 0. The summed E-state index contributed by atoms with van der Waals surface area (Å²) in [5, 5.41) is 0. The molecule has 0 aromatic rings. The highest BCUT2D eigenvalue weighted by atomic mass is 16.2. The van der Waals surface area contributed by atoms with Crippen LogP contribution in [0.15, 0.2) is 0 Å². The van der Waals surface area contributed by atoms with Gasteiger partial charge in [0.15, 0.2) is 0 Å². The minimum absolute atomic E-state index is 0.0809. The van der Waals surface area contributed by atoms with E-state index in [0.717, 1.165) is 19.4 Å². The highest BCUT2D eigenvalue weighted by molar-refractivity contribution is 5.81. The highest BCUT2D eigenvalue weighted by Crippen LogP contribution is 2.12. The molecule has 0 aliphatic heterocycles. The third-order valence-electron chi connectivity index (χ3n) is 2.62. The molecule has 1 atom stereocenters. The smallest absolute Gasteiger partial charge is 0.239 e. The Bertz CT molecular complexity index is 186. The molecule has 0 rings (SSSR count). The van der Waals surface area contributed by atoms with Crippen LogP contribution in [0.2, 0.25) is 0 Å². The summed E-state index contributed by atoms with van der Waals surface area (Å²) in [6.07, 6.45) is 2.00. The molecule has 1 unspecified atom stereocenters. The lowest BCUT2D eigenvalue weighted by Crippen LogP contribution is -2.48. The second-order valence-corrected chi connectivity index (χ2v) is 4.64. The van der Waals surface area contributed by atoms with Gasteiger partial charge in [0.05, 0.1) is 6.04 Å². The van der Waals surface area contributed by atoms with Crippen LogP contribution in [0.25, 0.3) is 0 Å². The molecule has 90 valence electrons. The Labute approximate surface area is 94.0 Å². The Morgan fingerprint density at radius 2 is 1.67 bits per heavy atom. The van der Waals surface area contributed by atoms with E-state index in [2.05, 4.69) is 27.7 Å². The maximum atomic E-state index is 11.9. The predicted octanol–water partition coefficient (Wildman–Crippen LogP) is 2.01. The second kappa shape index (κ2) is 6.83. The summed E-state index contributed by atoms with van der Waals surface area (Å²) in [4.78, 5) is 13.9. The number of rotatable bonds is 6. The van der Waals surface area contributed by atoms with Gasteiger partial charge in [0.2, 0.25) is 5.91 Å². The molecule has 0 aromatic heterocycles. The van der Waals surface area contributed by atoms with E-state index in [1.165, 1.54) is 0 Å². The lowest BCUT2D eigenvalue weighted by Gasteiger charge is -2.33. The van der Waals surface area contributed by atoms with E-state index < -0.39 is 0 Å². The van der Waals surface area contributed by atoms with Gasteiger partial charge in [-0.3, -0.25) is 4.79 Å². The molecule has 0 aromatic carbocycles. The summed E-state index contributed by atoms with van der Waals surface area (Å²) in [6.45, 7) is 11.1. The minimum atomic E-state index is -0.385. The normalized spacial score (nSPS) is 13.3. The standard InChI is InChI=1S/C12H26N2O/c1-6-11(7-2)14(8-9(3)4)12(15)10(5)13/h9-11H,6-8,13H2,1-5H3. The van der Waals surface area contributed by atoms with Crippen molar-refractivity contribution in [3.63, 3.8) is 0 Å². The molecule has 2 N–H and O–H groups in total. The van der Waals surface area contributed by atoms with Crippen LogP contribution in [0.3, 0.4) is 0 Å². The van der Waals surface area contributed by atoms with Crippen molar-refractivity contribution in [3.8, 4) is 0 Å². The number of carbonyl (C=O) groups excluding carboxylic acids is 1. The fourth-order valence-corrected chi connectivity index (χ4v) is 1.80. The largest absolute Gasteiger partial charge is 0.338 e. The van der Waals surface area contributed by atoms with E-state index >= 15 is 0 Å². The first-order valence-corrected chi connectivity index (χ1v) is 6.00. The Morgan fingerprint density at radius 1 is 1.20 bits per heavy atom. The van der Waals surface area contributed by atoms with Crippen molar-refractivity contribution in [3.05, 3.63) is 0 Å². The zero-order valence-corrected chi connectivity index (χ0v) is 10.8. The zero-order chi connectivity index (χ0) is 12.0. The summed E-state index contributed by atoms with van der Waals surface area (Å²) in [7, 11) is 0. The number of hydrogen-bond donors (Lipinski definition) is 1. The number of hydrogen-bond acceptors (Lipinski definition) is 2. The fraction of sp³-hybridized carbons (Fsp3) is 0.917. The summed E-state index contributed by atoms with van der Waals surface area (Å²) >= 11 is 0. The number of nitrogens with two attached hydrogens (primary N) is 1. The first kappa shape index (κ1) is 14.4. The van der Waals surface area contributed by atoms with Gasteiger partial charge < -0.3 is 10.6 Å². The van der Waals surface area contributed by atoms with Gasteiger partial charge in [-0.25, -0.2) is 0 Å². The van der Waals surface area contributed by atoms with Crippen LogP contribution >= 0.6 is 0 Å². The van der Waals surface area contributed by atoms with Gasteiger partial charge in [0.25, 0.3) is 0 Å². The lowest BCUT2D eigenvalue weighted by atomic mass is 10.1. The molecule has 0 saturated heterocycles. The average molecular weight is 214 g/mol. The fourth-order valence-electron chi connectivity index (χ4n) is 1.80. The summed E-state index contributed by atoms with van der Waals surface area (Å²) in [6, 6.07) is -0.0461. The minimum Gasteiger partial charge on any atom is -0.338 e. The SMILES string of the molecule is CCC(CC)N(CC(C)C)C(=O)C(C)N. The third kappa shape index (κ3) is 4.65. The lowest BCUT2D eigenvalue weighted by molar-refractivity contribution is -0.135. The van der Waals surface area contributed by atoms with Crippen LogP contribution < -0.4 is 5.73 Å². The third-order valence-corrected chi connectivity index (χ3v) is 2.62. The van der Waals surface area contributed by atoms with E-state index in [9.17, 15) is 4.79 Å². The van der Waals surface area contributed by atoms with Crippen LogP contribution in [0, 0.1) is 5.92 Å². The van der Waals surface area contributed by atoms with Crippen LogP contribution in [-0.2, 0) is 4.79 Å². The Hall–Kier alpha value is -0.570. The molecule has 0 heterocycles. The Morgan fingerprint density at radius 3 is 1.93 bits per heavy atom. The molecule has 0 bridgehead atoms. The number of nitrogens with zero attached hydrogens (tertiary/aromatic N) is 1. The van der Waals surface area contributed by atoms with Crippen molar-refractivity contribution >= 4 is 5.91 Å². The van der Waals surface area contributed by atoms with Gasteiger partial charge in [-0.1, -0.05) is 27.7 Å². The van der Waals surface area contributed by atoms with Crippen molar-refractivity contribution in [1.29, 1.82) is 0 Å². The Kier molecular flexibility index (Phi) is 6.57. The van der Waals surface area contributed by atoms with E-state index in [-0.39, 0.29) is 11.9 Å². The quantitative estimate of drug-likeness (QED) is 0.735. The molecule has 3 nitrogen and oxygen atoms in total. The number of carbonyl (C=O) groups is 1. The van der Waals surface area contributed by atoms with Gasteiger partial charge in [0, 0.05) is 12.6 Å². The maximum Gasteiger partial charge on any atom is 0.239 e. The van der Waals surface area contributed by atoms with Crippen LogP contribution in [0.4, 0.5) is 0 Å². The summed E-state index contributed by atoms with van der Waals surface area (Å²) in [5.74, 6) is 0.575. The second-order valence-electron chi connectivity index (χ2n) is 4.64.